The molecule has 0 bridgehead atoms. The van der Waals surface area contributed by atoms with Gasteiger partial charge >= 0.3 is 0 Å². The highest BCUT2D eigenvalue weighted by Crippen LogP contribution is 2.40. The van der Waals surface area contributed by atoms with E-state index in [0.717, 1.165) is 47.7 Å². The molecular formula is C48H51N13O6. The maximum absolute atomic E-state index is 13.3. The van der Waals surface area contributed by atoms with E-state index in [-0.39, 0.29) is 30.5 Å². The molecule has 6 heterocycles. The zero-order valence-corrected chi connectivity index (χ0v) is 37.7. The number of carbonyl (C=O) groups excluding carboxylic acids is 2. The standard InChI is InChI=1S/C48H51N13O6/c1-59(2)19-5-8-40(62)60-20-17-32(25-60)53-45-42-47(51-28-49-45)56-39(55-42)7-6-22-66-37-15-9-30(23-38(37)65-4)10-16-41(63)61-21-18-33(26-61)54-46-43-48(52-29-50-46)58-44(57-43)36-24-31(36)27-67-35-13-11-34(64-3)12-14-35/h5,8-16,23,28-29,32-33H,17-22,24-27H2,1-4H3,(H2,49,51,53,55,56)(H2,50,52,54,57,58)/b8-5+,16-10-. The van der Waals surface area contributed by atoms with Gasteiger partial charge in [-0.25, -0.2) is 29.9 Å². The summed E-state index contributed by atoms with van der Waals surface area (Å²) < 4.78 is 22.7. The molecular weight excluding hydrogens is 855 g/mol. The molecule has 0 spiro atoms. The highest BCUT2D eigenvalue weighted by atomic mass is 16.5. The molecule has 67 heavy (non-hydrogen) atoms. The van der Waals surface area contributed by atoms with Crippen LogP contribution in [-0.2, 0) is 9.59 Å². The van der Waals surface area contributed by atoms with Crippen LogP contribution in [0.3, 0.4) is 0 Å². The van der Waals surface area contributed by atoms with Crippen molar-refractivity contribution in [1.29, 1.82) is 0 Å². The smallest absolute Gasteiger partial charge is 0.246 e. The number of anilines is 2. The summed E-state index contributed by atoms with van der Waals surface area (Å²) in [5.41, 5.74) is 5.47. The summed E-state index contributed by atoms with van der Waals surface area (Å²) >= 11 is 0. The number of methoxy groups -OCH3 is 2. The number of likely N-dealkylation sites (tertiary alicyclic amines) is 2. The first kappa shape index (κ1) is 44.2. The number of aromatic amines is 2. The zero-order chi connectivity index (χ0) is 46.3. The van der Waals surface area contributed by atoms with Gasteiger partial charge in [0.1, 0.15) is 43.2 Å². The molecule has 3 aliphatic rings. The van der Waals surface area contributed by atoms with Crippen molar-refractivity contribution in [2.24, 2.45) is 0 Å². The fourth-order valence-electron chi connectivity index (χ4n) is 7.90. The van der Waals surface area contributed by atoms with Crippen LogP contribution in [0.4, 0.5) is 11.6 Å². The number of carbonyl (C=O) groups is 2. The van der Waals surface area contributed by atoms with Gasteiger partial charge in [0, 0.05) is 69.0 Å². The Bertz CT molecular complexity index is 2930. The third-order valence-electron chi connectivity index (χ3n) is 11.5. The molecule has 19 nitrogen and oxygen atoms in total. The molecule has 2 amide bonds. The van der Waals surface area contributed by atoms with Crippen molar-refractivity contribution in [2.45, 2.75) is 31.3 Å². The van der Waals surface area contributed by atoms with E-state index in [0.29, 0.717) is 90.6 Å². The number of likely N-dealkylation sites (N-methyl/N-ethyl adjacent to an activating group) is 1. The van der Waals surface area contributed by atoms with Gasteiger partial charge in [-0.1, -0.05) is 18.1 Å². The van der Waals surface area contributed by atoms with Crippen LogP contribution in [0.2, 0.25) is 0 Å². The Morgan fingerprint density at radius 2 is 1.48 bits per heavy atom. The summed E-state index contributed by atoms with van der Waals surface area (Å²) in [6.45, 7) is 3.59. The number of hydrogen-bond donors (Lipinski definition) is 4. The highest BCUT2D eigenvalue weighted by Gasteiger charge is 2.30. The molecule has 1 aliphatic carbocycles. The predicted octanol–water partition coefficient (Wildman–Crippen LogP) is 4.56. The quantitative estimate of drug-likeness (QED) is 0.0730. The van der Waals surface area contributed by atoms with Crippen LogP contribution >= 0.6 is 0 Å². The van der Waals surface area contributed by atoms with Gasteiger partial charge in [0.25, 0.3) is 0 Å². The van der Waals surface area contributed by atoms with Gasteiger partial charge in [0.15, 0.2) is 51.3 Å². The van der Waals surface area contributed by atoms with Crippen LogP contribution in [0.25, 0.3) is 34.0 Å². The lowest BCUT2D eigenvalue weighted by molar-refractivity contribution is -0.125. The van der Waals surface area contributed by atoms with Gasteiger partial charge in [-0.2, -0.15) is 0 Å². The van der Waals surface area contributed by atoms with Crippen molar-refractivity contribution < 1.29 is 28.5 Å². The maximum Gasteiger partial charge on any atom is 0.246 e. The third kappa shape index (κ3) is 10.8. The van der Waals surface area contributed by atoms with E-state index in [9.17, 15) is 9.59 Å². The molecule has 4 aromatic heterocycles. The Kier molecular flexibility index (Phi) is 13.2. The van der Waals surface area contributed by atoms with Gasteiger partial charge in [-0.3, -0.25) is 9.59 Å². The van der Waals surface area contributed by atoms with E-state index in [1.807, 2.05) is 71.3 Å². The van der Waals surface area contributed by atoms with Crippen LogP contribution in [-0.4, -0.2) is 153 Å². The normalized spacial score (nSPS) is 16.9. The summed E-state index contributed by atoms with van der Waals surface area (Å²) in [4.78, 5) is 65.1. The molecule has 0 radical (unpaired) electrons. The Morgan fingerprint density at radius 1 is 0.806 bits per heavy atom. The molecule has 9 rings (SSSR count). The summed E-state index contributed by atoms with van der Waals surface area (Å²) in [6, 6.07) is 13.0. The van der Waals surface area contributed by atoms with Crippen molar-refractivity contribution in [2.75, 3.05) is 84.9 Å². The molecule has 2 atom stereocenters. The number of benzene rings is 2. The number of H-pyrrole nitrogens is 2. The van der Waals surface area contributed by atoms with Gasteiger partial charge in [-0.15, -0.1) is 0 Å². The predicted molar refractivity (Wildman–Crippen MR) is 253 cm³/mol. The first-order valence-electron chi connectivity index (χ1n) is 22.0. The number of rotatable bonds is 17. The molecule has 2 aromatic carbocycles. The number of amides is 2. The Morgan fingerprint density at radius 3 is 2.16 bits per heavy atom. The summed E-state index contributed by atoms with van der Waals surface area (Å²) in [7, 11) is 7.12. The lowest BCUT2D eigenvalue weighted by Gasteiger charge is -2.16. The van der Waals surface area contributed by atoms with Gasteiger partial charge in [0.05, 0.1) is 14.2 Å². The van der Waals surface area contributed by atoms with Crippen LogP contribution in [0.1, 0.15) is 36.5 Å². The summed E-state index contributed by atoms with van der Waals surface area (Å²) in [6.07, 6.45) is 12.2. The van der Waals surface area contributed by atoms with E-state index < -0.39 is 0 Å². The number of nitrogens with zero attached hydrogens (tertiary/aromatic N) is 9. The maximum atomic E-state index is 13.3. The van der Waals surface area contributed by atoms with Gasteiger partial charge < -0.3 is 54.2 Å². The Labute approximate surface area is 386 Å². The minimum Gasteiger partial charge on any atom is -0.497 e. The molecule has 2 fully saturated rings. The minimum absolute atomic E-state index is 0.0000755. The van der Waals surface area contributed by atoms with E-state index >= 15 is 0 Å². The van der Waals surface area contributed by atoms with Crippen LogP contribution in [0.5, 0.6) is 23.0 Å². The first-order valence-corrected chi connectivity index (χ1v) is 22.0. The van der Waals surface area contributed by atoms with Crippen molar-refractivity contribution in [1.82, 2.24) is 54.6 Å². The number of imidazole rings is 2. The number of nitrogens with one attached hydrogen (secondary N) is 4. The molecule has 6 aromatic rings. The topological polar surface area (TPSA) is 214 Å². The average Bonchev–Trinajstić information content (AvgIpc) is 3.82. The zero-order valence-electron chi connectivity index (χ0n) is 37.7. The van der Waals surface area contributed by atoms with E-state index in [4.69, 9.17) is 23.9 Å². The van der Waals surface area contributed by atoms with Crippen molar-refractivity contribution in [3.05, 3.63) is 96.1 Å². The molecule has 2 unspecified atom stereocenters. The van der Waals surface area contributed by atoms with Crippen molar-refractivity contribution in [3.8, 4) is 34.8 Å². The van der Waals surface area contributed by atoms with E-state index in [1.54, 1.807) is 38.5 Å². The highest BCUT2D eigenvalue weighted by molar-refractivity contribution is 5.92. The monoisotopic (exact) mass is 905 g/mol. The lowest BCUT2D eigenvalue weighted by Crippen LogP contribution is -2.30. The van der Waals surface area contributed by atoms with Crippen molar-refractivity contribution >= 4 is 57.4 Å². The molecule has 344 valence electrons. The molecule has 0 saturated carbocycles. The number of hydrogen-bond acceptors (Lipinski definition) is 15. The molecule has 2 aliphatic heterocycles. The van der Waals surface area contributed by atoms with Gasteiger partial charge in [0.2, 0.25) is 11.8 Å². The fourth-order valence-corrected chi connectivity index (χ4v) is 7.90. The second-order valence-electron chi connectivity index (χ2n) is 16.6. The molecule has 2 saturated heterocycles. The van der Waals surface area contributed by atoms with Gasteiger partial charge in [-0.05, 0) is 86.5 Å². The lowest BCUT2D eigenvalue weighted by atomic mass is 10.2. The summed E-state index contributed by atoms with van der Waals surface area (Å²) in [5.74, 6) is 10.8. The van der Waals surface area contributed by atoms with E-state index in [2.05, 4.69) is 57.4 Å². The minimum atomic E-state index is -0.0979. The second kappa shape index (κ2) is 20.0. The largest absolute Gasteiger partial charge is 0.497 e. The van der Waals surface area contributed by atoms with E-state index in [1.165, 1.54) is 18.2 Å². The third-order valence-corrected chi connectivity index (χ3v) is 11.5. The Balaban J connectivity index is 0.745. The summed E-state index contributed by atoms with van der Waals surface area (Å²) in [5, 5.41) is 6.93. The average molecular weight is 906 g/mol. The van der Waals surface area contributed by atoms with Crippen LogP contribution in [0, 0.1) is 11.8 Å². The molecule has 19 heteroatoms. The van der Waals surface area contributed by atoms with Crippen molar-refractivity contribution in [3.63, 3.8) is 0 Å². The number of aromatic nitrogens is 8. The SMILES string of the molecule is COc1ccc(OCC2=C(c3nc4c(NC5CCN(C(=O)/C=C\c6ccc(OCC#Cc7nc8c(NC9CCN(C(=O)/C=C/CN(C)C)C9)ncnc8[nH]7)c(OC)c6)C5)ncnc4[nH]3)C2)cc1. The number of ether oxygens (including phenoxy) is 4. The Hall–Kier alpha value is -7.98. The van der Waals surface area contributed by atoms with Crippen LogP contribution in [0.15, 0.2) is 78.9 Å². The first-order chi connectivity index (χ1) is 32.7. The fraction of sp³-hybridized carbons (Fsp3) is 0.333. The molecule has 4 N–H and O–H groups in total. The second-order valence-corrected chi connectivity index (χ2v) is 16.6. The number of fused-ring (bicyclic) bond motifs is 2. The number of allylic oxidation sites excluding steroid dienone is 1. The van der Waals surface area contributed by atoms with Crippen LogP contribution < -0.4 is 29.6 Å².